The molecule has 96 valence electrons. The largest absolute Gasteiger partial charge is 0.0622 e. The van der Waals surface area contributed by atoms with Crippen LogP contribution in [0.3, 0.4) is 0 Å². The number of benzene rings is 1. The molecule has 0 aliphatic heterocycles. The van der Waals surface area contributed by atoms with E-state index in [2.05, 4.69) is 32.9 Å². The molecular weight excluding hydrogens is 315 g/mol. The van der Waals surface area contributed by atoms with E-state index in [4.69, 9.17) is 0 Å². The van der Waals surface area contributed by atoms with Gasteiger partial charge in [-0.3, -0.25) is 0 Å². The van der Waals surface area contributed by atoms with Crippen molar-refractivity contribution in [2.24, 2.45) is 0 Å². The van der Waals surface area contributed by atoms with Gasteiger partial charge in [0.1, 0.15) is 0 Å². The summed E-state index contributed by atoms with van der Waals surface area (Å²) in [5, 5.41) is 0. The Hall–Kier alpha value is -0.181. The zero-order chi connectivity index (χ0) is 12.9. The van der Waals surface area contributed by atoms with Crippen LogP contribution in [0.2, 0.25) is 8.87 Å². The van der Waals surface area contributed by atoms with E-state index < -0.39 is 19.7 Å². The number of aryl methyl sites for hydroxylation is 1. The molecule has 1 nitrogen and oxygen atoms in total. The van der Waals surface area contributed by atoms with Crippen LogP contribution in [-0.2, 0) is 3.08 Å². The van der Waals surface area contributed by atoms with Crippen molar-refractivity contribution in [3.8, 4) is 0 Å². The van der Waals surface area contributed by atoms with Gasteiger partial charge in [-0.25, -0.2) is 0 Å². The van der Waals surface area contributed by atoms with E-state index in [0.717, 1.165) is 8.87 Å². The molecule has 0 fully saturated rings. The van der Waals surface area contributed by atoms with Crippen molar-refractivity contribution in [2.75, 3.05) is 0 Å². The van der Waals surface area contributed by atoms with Crippen LogP contribution in [0, 0.1) is 6.92 Å². The third-order valence-electron chi connectivity index (χ3n) is 2.56. The van der Waals surface area contributed by atoms with Crippen LogP contribution in [0.1, 0.15) is 45.1 Å². The number of hydrogen-bond acceptors (Lipinski definition) is 1. The van der Waals surface area contributed by atoms with Crippen LogP contribution in [0.5, 0.6) is 0 Å². The van der Waals surface area contributed by atoms with E-state index >= 15 is 0 Å². The summed E-state index contributed by atoms with van der Waals surface area (Å²) in [7, 11) is 0. The molecule has 0 amide bonds. The monoisotopic (exact) mass is 342 g/mol. The van der Waals surface area contributed by atoms with Crippen LogP contribution in [0.25, 0.3) is 0 Å². The van der Waals surface area contributed by atoms with Gasteiger partial charge in [0.25, 0.3) is 0 Å². The maximum Gasteiger partial charge on any atom is -0.0398 e. The molecule has 0 saturated carbocycles. The molecule has 1 aromatic rings. The molecule has 1 rings (SSSR count). The van der Waals surface area contributed by atoms with Gasteiger partial charge in [-0.05, 0) is 6.92 Å². The average molecular weight is 341 g/mol. The SMILES string of the molecule is CCC[CH2][Sn](=[O])[CH2]CCC.Cc1ccccc1. The maximum absolute atomic E-state index is 11.2. The Morgan fingerprint density at radius 1 is 0.941 bits per heavy atom. The number of rotatable bonds is 6. The van der Waals surface area contributed by atoms with E-state index in [0.29, 0.717) is 0 Å². The summed E-state index contributed by atoms with van der Waals surface area (Å²) in [6, 6.07) is 10.3. The van der Waals surface area contributed by atoms with Crippen molar-refractivity contribution < 1.29 is 3.08 Å². The summed E-state index contributed by atoms with van der Waals surface area (Å²) in [5.41, 5.74) is 1.32. The fraction of sp³-hybridized carbons (Fsp3) is 0.600. The first-order chi connectivity index (χ1) is 8.20. The Bertz CT molecular complexity index is 272. The van der Waals surface area contributed by atoms with Crippen molar-refractivity contribution in [3.63, 3.8) is 0 Å². The molecule has 0 unspecified atom stereocenters. The maximum atomic E-state index is 11.2. The minimum absolute atomic E-state index is 1.08. The Morgan fingerprint density at radius 3 is 1.71 bits per heavy atom. The molecule has 0 aliphatic rings. The first kappa shape index (κ1) is 16.8. The van der Waals surface area contributed by atoms with Crippen molar-refractivity contribution in [1.29, 1.82) is 0 Å². The smallest absolute Gasteiger partial charge is 0.0398 e. The molecule has 1 aromatic carbocycles. The van der Waals surface area contributed by atoms with Crippen LogP contribution < -0.4 is 0 Å². The summed E-state index contributed by atoms with van der Waals surface area (Å²) in [4.78, 5) is 0. The molecule has 0 bridgehead atoms. The molecule has 0 aromatic heterocycles. The minimum Gasteiger partial charge on any atom is -0.0622 e. The molecule has 0 aliphatic carbocycles. The minimum atomic E-state index is -1.99. The molecule has 2 heteroatoms. The topological polar surface area (TPSA) is 17.1 Å². The average Bonchev–Trinajstić information content (AvgIpc) is 2.35. The third kappa shape index (κ3) is 12.1. The summed E-state index contributed by atoms with van der Waals surface area (Å²) in [6.07, 6.45) is 4.81. The van der Waals surface area contributed by atoms with Gasteiger partial charge >= 0.3 is 71.2 Å². The molecule has 0 N–H and O–H groups in total. The molecule has 0 atom stereocenters. The van der Waals surface area contributed by atoms with Crippen molar-refractivity contribution in [3.05, 3.63) is 35.9 Å². The van der Waals surface area contributed by atoms with E-state index in [9.17, 15) is 3.08 Å². The van der Waals surface area contributed by atoms with Crippen LogP contribution in [0.15, 0.2) is 30.3 Å². The Labute approximate surface area is 114 Å². The van der Waals surface area contributed by atoms with Gasteiger partial charge in [0.15, 0.2) is 0 Å². The third-order valence-corrected chi connectivity index (χ3v) is 7.76. The van der Waals surface area contributed by atoms with Crippen LogP contribution in [-0.4, -0.2) is 19.7 Å². The second-order valence-corrected chi connectivity index (χ2v) is 10.3. The molecule has 0 radical (unpaired) electrons. The molecule has 0 spiro atoms. The van der Waals surface area contributed by atoms with Gasteiger partial charge in [0.05, 0.1) is 0 Å². The quantitative estimate of drug-likeness (QED) is 0.665. The second kappa shape index (κ2) is 12.3. The van der Waals surface area contributed by atoms with Gasteiger partial charge in [-0.15, -0.1) is 0 Å². The first-order valence-electron chi connectivity index (χ1n) is 6.74. The fourth-order valence-corrected chi connectivity index (χ4v) is 6.39. The van der Waals surface area contributed by atoms with Gasteiger partial charge in [-0.2, -0.15) is 0 Å². The zero-order valence-electron chi connectivity index (χ0n) is 11.5. The predicted molar refractivity (Wildman–Crippen MR) is 77.0 cm³/mol. The van der Waals surface area contributed by atoms with Gasteiger partial charge < -0.3 is 0 Å². The number of unbranched alkanes of at least 4 members (excludes halogenated alkanes) is 2. The Morgan fingerprint density at radius 2 is 1.41 bits per heavy atom. The first-order valence-corrected chi connectivity index (χ1v) is 11.9. The summed E-state index contributed by atoms with van der Waals surface area (Å²) >= 11 is -1.99. The van der Waals surface area contributed by atoms with Gasteiger partial charge in [-0.1, -0.05) is 35.9 Å². The Balaban J connectivity index is 0.000000318. The molecular formula is C15H26OSn. The van der Waals surface area contributed by atoms with Gasteiger partial charge in [0, 0.05) is 0 Å². The fourth-order valence-electron chi connectivity index (χ4n) is 1.41. The normalized spacial score (nSPS) is 9.35. The van der Waals surface area contributed by atoms with Crippen molar-refractivity contribution >= 4 is 19.7 Å². The van der Waals surface area contributed by atoms with E-state index in [1.54, 1.807) is 0 Å². The van der Waals surface area contributed by atoms with Gasteiger partial charge in [0.2, 0.25) is 0 Å². The van der Waals surface area contributed by atoms with Crippen LogP contribution in [0.4, 0.5) is 0 Å². The van der Waals surface area contributed by atoms with Crippen molar-refractivity contribution in [2.45, 2.75) is 55.3 Å². The number of hydrogen-bond donors (Lipinski definition) is 0. The molecule has 17 heavy (non-hydrogen) atoms. The van der Waals surface area contributed by atoms with Crippen molar-refractivity contribution in [1.82, 2.24) is 0 Å². The zero-order valence-corrected chi connectivity index (χ0v) is 14.4. The molecule has 0 heterocycles. The van der Waals surface area contributed by atoms with E-state index in [1.807, 2.05) is 18.2 Å². The standard InChI is InChI=1S/C7H8.2C4H9.O.Sn/c1-7-5-3-2-4-6-7;2*1-3-4-2;;/h2-6H,1H3;2*1,3-4H2,2H3;;. The second-order valence-electron chi connectivity index (χ2n) is 4.40. The van der Waals surface area contributed by atoms with E-state index in [-0.39, 0.29) is 0 Å². The summed E-state index contributed by atoms with van der Waals surface area (Å²) in [6.45, 7) is 6.41. The Kier molecular flexibility index (Phi) is 12.1. The predicted octanol–water partition coefficient (Wildman–Crippen LogP) is 5.00. The van der Waals surface area contributed by atoms with E-state index in [1.165, 1.54) is 31.2 Å². The summed E-state index contributed by atoms with van der Waals surface area (Å²) in [5.74, 6) is 0. The van der Waals surface area contributed by atoms with Crippen LogP contribution >= 0.6 is 0 Å². The molecule has 0 saturated heterocycles. The summed E-state index contributed by atoms with van der Waals surface area (Å²) < 4.78 is 13.4.